The summed E-state index contributed by atoms with van der Waals surface area (Å²) in [6.07, 6.45) is 0. The van der Waals surface area contributed by atoms with Gasteiger partial charge in [0.15, 0.2) is 0 Å². The number of carbonyl (C=O) groups is 1. The van der Waals surface area contributed by atoms with E-state index in [1.807, 2.05) is 0 Å². The number of para-hydroxylation sites is 1. The maximum absolute atomic E-state index is 14.3. The van der Waals surface area contributed by atoms with Crippen molar-refractivity contribution in [3.63, 3.8) is 0 Å². The Bertz CT molecular complexity index is 1170. The number of nitrogens with one attached hydrogen (secondary N) is 1. The van der Waals surface area contributed by atoms with Gasteiger partial charge in [-0.1, -0.05) is 44.0 Å². The molecule has 3 rings (SSSR count). The minimum absolute atomic E-state index is 0.0943. The van der Waals surface area contributed by atoms with Crippen LogP contribution in [-0.4, -0.2) is 18.9 Å². The molecule has 6 nitrogen and oxygen atoms in total. The average molecular weight is 544 g/mol. The monoisotopic (exact) mass is 542 g/mol. The Hall–Kier alpha value is -2.27. The third kappa shape index (κ3) is 5.02. The van der Waals surface area contributed by atoms with E-state index in [9.17, 15) is 22.2 Å². The standard InChI is InChI=1S/C19H13Br2FN2O4S/c20-12-5-8-14(9-6-12)23-19(25)15-11-13(21)7-10-17(15)24(29(26,27)28)18-4-2-1-3-16(18)22/h1-11H,(H,23,25)(H,26,27,28). The maximum atomic E-state index is 14.3. The molecule has 0 aliphatic rings. The Morgan fingerprint density at radius 1 is 0.931 bits per heavy atom. The van der Waals surface area contributed by atoms with Gasteiger partial charge in [-0.3, -0.25) is 9.35 Å². The van der Waals surface area contributed by atoms with Gasteiger partial charge in [-0.05, 0) is 54.6 Å². The van der Waals surface area contributed by atoms with Gasteiger partial charge in [-0.15, -0.1) is 0 Å². The van der Waals surface area contributed by atoms with Gasteiger partial charge in [0.1, 0.15) is 5.82 Å². The zero-order valence-corrected chi connectivity index (χ0v) is 18.5. The molecule has 0 aliphatic heterocycles. The highest BCUT2D eigenvalue weighted by Crippen LogP contribution is 2.35. The first kappa shape index (κ1) is 21.4. The molecule has 0 unspecified atom stereocenters. The van der Waals surface area contributed by atoms with Crippen molar-refractivity contribution in [1.82, 2.24) is 0 Å². The van der Waals surface area contributed by atoms with E-state index in [-0.39, 0.29) is 11.3 Å². The van der Waals surface area contributed by atoms with Crippen LogP contribution >= 0.6 is 31.9 Å². The largest absolute Gasteiger partial charge is 0.364 e. The van der Waals surface area contributed by atoms with E-state index in [2.05, 4.69) is 37.2 Å². The molecule has 3 aromatic carbocycles. The minimum Gasteiger partial charge on any atom is -0.322 e. The van der Waals surface area contributed by atoms with Crippen LogP contribution < -0.4 is 9.62 Å². The van der Waals surface area contributed by atoms with Crippen molar-refractivity contribution in [2.45, 2.75) is 0 Å². The van der Waals surface area contributed by atoms with Gasteiger partial charge < -0.3 is 5.32 Å². The van der Waals surface area contributed by atoms with E-state index >= 15 is 0 Å². The second kappa shape index (κ2) is 8.62. The molecule has 0 heterocycles. The van der Waals surface area contributed by atoms with Crippen LogP contribution in [0.15, 0.2) is 75.7 Å². The first-order chi connectivity index (χ1) is 13.7. The number of hydrogen-bond donors (Lipinski definition) is 2. The molecule has 1 amide bonds. The number of benzene rings is 3. The summed E-state index contributed by atoms with van der Waals surface area (Å²) in [6, 6.07) is 15.9. The number of carbonyl (C=O) groups excluding carboxylic acids is 1. The van der Waals surface area contributed by atoms with Crippen molar-refractivity contribution in [3.8, 4) is 0 Å². The predicted molar refractivity (Wildman–Crippen MR) is 116 cm³/mol. The predicted octanol–water partition coefficient (Wildman–Crippen LogP) is 5.54. The first-order valence-electron chi connectivity index (χ1n) is 8.05. The van der Waals surface area contributed by atoms with Crippen LogP contribution in [0.25, 0.3) is 0 Å². The topological polar surface area (TPSA) is 86.7 Å². The van der Waals surface area contributed by atoms with Gasteiger partial charge in [0, 0.05) is 14.6 Å². The van der Waals surface area contributed by atoms with Gasteiger partial charge in [0.2, 0.25) is 0 Å². The number of anilines is 3. The Morgan fingerprint density at radius 3 is 2.17 bits per heavy atom. The number of rotatable bonds is 5. The molecule has 150 valence electrons. The molecule has 0 aromatic heterocycles. The molecule has 0 saturated carbocycles. The van der Waals surface area contributed by atoms with Gasteiger partial charge in [-0.2, -0.15) is 8.42 Å². The number of nitrogens with zero attached hydrogens (tertiary/aromatic N) is 1. The molecule has 0 aliphatic carbocycles. The summed E-state index contributed by atoms with van der Waals surface area (Å²) in [4.78, 5) is 12.9. The highest BCUT2D eigenvalue weighted by atomic mass is 79.9. The maximum Gasteiger partial charge on any atom is 0.364 e. The van der Waals surface area contributed by atoms with Crippen LogP contribution in [0.2, 0.25) is 0 Å². The van der Waals surface area contributed by atoms with Crippen LogP contribution in [0, 0.1) is 5.82 Å². The minimum atomic E-state index is -4.95. The summed E-state index contributed by atoms with van der Waals surface area (Å²) in [6.45, 7) is 0. The summed E-state index contributed by atoms with van der Waals surface area (Å²) >= 11 is 6.53. The Morgan fingerprint density at radius 2 is 1.55 bits per heavy atom. The van der Waals surface area contributed by atoms with E-state index in [4.69, 9.17) is 0 Å². The third-order valence-corrected chi connectivity index (χ3v) is 5.70. The van der Waals surface area contributed by atoms with Crippen molar-refractivity contribution in [1.29, 1.82) is 0 Å². The number of hydrogen-bond acceptors (Lipinski definition) is 3. The second-order valence-corrected chi connectivity index (χ2v) is 8.91. The lowest BCUT2D eigenvalue weighted by Gasteiger charge is -2.24. The summed E-state index contributed by atoms with van der Waals surface area (Å²) in [5, 5.41) is 2.65. The smallest absolute Gasteiger partial charge is 0.322 e. The van der Waals surface area contributed by atoms with Crippen LogP contribution in [0.3, 0.4) is 0 Å². The average Bonchev–Trinajstić information content (AvgIpc) is 2.65. The van der Waals surface area contributed by atoms with Gasteiger partial charge >= 0.3 is 10.3 Å². The lowest BCUT2D eigenvalue weighted by molar-refractivity contribution is 0.102. The zero-order valence-electron chi connectivity index (χ0n) is 14.5. The van der Waals surface area contributed by atoms with Crippen LogP contribution in [-0.2, 0) is 10.3 Å². The quantitative estimate of drug-likeness (QED) is 0.413. The van der Waals surface area contributed by atoms with Crippen LogP contribution in [0.4, 0.5) is 21.5 Å². The highest BCUT2D eigenvalue weighted by Gasteiger charge is 2.29. The fourth-order valence-electron chi connectivity index (χ4n) is 2.59. The lowest BCUT2D eigenvalue weighted by atomic mass is 10.1. The van der Waals surface area contributed by atoms with Crippen molar-refractivity contribution in [3.05, 3.63) is 87.1 Å². The van der Waals surface area contributed by atoms with Gasteiger partial charge in [-0.25, -0.2) is 8.70 Å². The molecule has 0 atom stereocenters. The molecular formula is C19H13Br2FN2O4S. The second-order valence-electron chi connectivity index (χ2n) is 5.82. The van der Waals surface area contributed by atoms with E-state index in [0.717, 1.165) is 10.5 Å². The number of amides is 1. The first-order valence-corrected chi connectivity index (χ1v) is 11.0. The Balaban J connectivity index is 2.12. The summed E-state index contributed by atoms with van der Waals surface area (Å²) in [5.41, 5.74) is -0.262. The summed E-state index contributed by atoms with van der Waals surface area (Å²) in [5.74, 6) is -1.53. The van der Waals surface area contributed by atoms with Crippen molar-refractivity contribution < 1.29 is 22.2 Å². The Kier molecular flexibility index (Phi) is 6.37. The van der Waals surface area contributed by atoms with E-state index < -0.39 is 27.7 Å². The molecule has 0 spiro atoms. The molecule has 3 aromatic rings. The SMILES string of the molecule is O=C(Nc1ccc(Br)cc1)c1cc(Br)ccc1N(c1ccccc1F)S(=O)(=O)O. The fraction of sp³-hybridized carbons (Fsp3) is 0. The van der Waals surface area contributed by atoms with E-state index in [0.29, 0.717) is 14.5 Å². The van der Waals surface area contributed by atoms with Crippen molar-refractivity contribution in [2.75, 3.05) is 9.62 Å². The Labute approximate surface area is 183 Å². The molecule has 0 radical (unpaired) electrons. The molecular weight excluding hydrogens is 531 g/mol. The normalized spacial score (nSPS) is 11.2. The van der Waals surface area contributed by atoms with Crippen molar-refractivity contribution in [2.24, 2.45) is 0 Å². The van der Waals surface area contributed by atoms with Crippen molar-refractivity contribution >= 4 is 65.1 Å². The molecule has 0 saturated heterocycles. The van der Waals surface area contributed by atoms with Gasteiger partial charge in [0.05, 0.1) is 16.9 Å². The van der Waals surface area contributed by atoms with E-state index in [1.165, 1.54) is 36.4 Å². The zero-order chi connectivity index (χ0) is 21.2. The summed E-state index contributed by atoms with van der Waals surface area (Å²) in [7, 11) is -4.95. The molecule has 2 N–H and O–H groups in total. The summed E-state index contributed by atoms with van der Waals surface area (Å²) < 4.78 is 50.0. The van der Waals surface area contributed by atoms with Crippen LogP contribution in [0.5, 0.6) is 0 Å². The molecule has 10 heteroatoms. The van der Waals surface area contributed by atoms with E-state index in [1.54, 1.807) is 24.3 Å². The lowest BCUT2D eigenvalue weighted by Crippen LogP contribution is -2.28. The molecule has 29 heavy (non-hydrogen) atoms. The fourth-order valence-corrected chi connectivity index (χ4v) is 4.02. The van der Waals surface area contributed by atoms with Crippen LogP contribution in [0.1, 0.15) is 10.4 Å². The molecule has 0 bridgehead atoms. The third-order valence-electron chi connectivity index (χ3n) is 3.83. The van der Waals surface area contributed by atoms with Gasteiger partial charge in [0.25, 0.3) is 5.91 Å². The highest BCUT2D eigenvalue weighted by molar-refractivity contribution is 9.10. The number of halogens is 3. The molecule has 0 fully saturated rings.